The van der Waals surface area contributed by atoms with Crippen LogP contribution in [0.3, 0.4) is 0 Å². The first-order chi connectivity index (χ1) is 14.3. The van der Waals surface area contributed by atoms with E-state index in [0.717, 1.165) is 10.1 Å². The summed E-state index contributed by atoms with van der Waals surface area (Å²) in [6.07, 6.45) is 4.99. The number of phenols is 3. The van der Waals surface area contributed by atoms with Crippen molar-refractivity contribution < 1.29 is 15.3 Å². The van der Waals surface area contributed by atoms with Crippen LogP contribution in [0.15, 0.2) is 58.4 Å². The van der Waals surface area contributed by atoms with Gasteiger partial charge in [0.15, 0.2) is 5.65 Å². The van der Waals surface area contributed by atoms with E-state index in [1.54, 1.807) is 49.5 Å². The summed E-state index contributed by atoms with van der Waals surface area (Å²) in [5.41, 5.74) is 1.64. The largest absolute Gasteiger partial charge is 0.508 e. The second-order valence-corrected chi connectivity index (χ2v) is 6.51. The first-order valence-corrected chi connectivity index (χ1v) is 8.85. The van der Waals surface area contributed by atoms with Gasteiger partial charge in [0.05, 0.1) is 6.33 Å². The lowest BCUT2D eigenvalue weighted by atomic mass is 10.1. The molecule has 0 radical (unpaired) electrons. The zero-order valence-electron chi connectivity index (χ0n) is 16.3. The smallest absolute Gasteiger partial charge is 0.332 e. The molecular formula is C21H20N4O5. The number of hydrogen-bond donors (Lipinski definition) is 4. The topological polar surface area (TPSA) is 133 Å². The number of rotatable bonds is 2. The molecule has 0 fully saturated rings. The number of imidazole rings is 1. The van der Waals surface area contributed by atoms with E-state index in [2.05, 4.69) is 9.97 Å². The van der Waals surface area contributed by atoms with Gasteiger partial charge in [-0.3, -0.25) is 13.9 Å². The van der Waals surface area contributed by atoms with Crippen molar-refractivity contribution in [2.45, 2.75) is 0 Å². The third kappa shape index (κ3) is 4.41. The molecule has 9 heteroatoms. The van der Waals surface area contributed by atoms with E-state index >= 15 is 0 Å². The number of aryl methyl sites for hydroxylation is 1. The minimum atomic E-state index is -0.371. The van der Waals surface area contributed by atoms with E-state index in [1.165, 1.54) is 24.0 Å². The summed E-state index contributed by atoms with van der Waals surface area (Å²) in [5.74, 6) is 0.267. The molecule has 0 saturated heterocycles. The summed E-state index contributed by atoms with van der Waals surface area (Å²) < 4.78 is 2.37. The van der Waals surface area contributed by atoms with Crippen molar-refractivity contribution in [2.24, 2.45) is 14.1 Å². The Labute approximate surface area is 170 Å². The maximum Gasteiger partial charge on any atom is 0.332 e. The number of H-pyrrole nitrogens is 1. The Kier molecular flexibility index (Phi) is 5.73. The normalized spacial score (nSPS) is 10.9. The molecule has 0 aliphatic heterocycles. The van der Waals surface area contributed by atoms with Crippen LogP contribution in [0.25, 0.3) is 23.3 Å². The Morgan fingerprint density at radius 3 is 2.07 bits per heavy atom. The molecule has 2 aromatic carbocycles. The highest BCUT2D eigenvalue weighted by Gasteiger charge is 2.08. The van der Waals surface area contributed by atoms with E-state index in [4.69, 9.17) is 5.11 Å². The SMILES string of the molecule is Cn1c(=O)c2[nH]cnc2n(C)c1=O.Oc1ccc(/C=C/c2cc(O)cc(O)c2)cc1. The van der Waals surface area contributed by atoms with Gasteiger partial charge in [-0.1, -0.05) is 24.3 Å². The van der Waals surface area contributed by atoms with Crippen molar-refractivity contribution in [3.8, 4) is 17.2 Å². The number of benzene rings is 2. The highest BCUT2D eigenvalue weighted by atomic mass is 16.3. The maximum atomic E-state index is 11.4. The van der Waals surface area contributed by atoms with Crippen LogP contribution in [0.1, 0.15) is 11.1 Å². The molecule has 0 saturated carbocycles. The van der Waals surface area contributed by atoms with Gasteiger partial charge in [0, 0.05) is 20.2 Å². The van der Waals surface area contributed by atoms with Gasteiger partial charge in [0.25, 0.3) is 5.56 Å². The first kappa shape index (κ1) is 20.5. The third-order valence-corrected chi connectivity index (χ3v) is 4.32. The van der Waals surface area contributed by atoms with E-state index < -0.39 is 0 Å². The maximum absolute atomic E-state index is 11.4. The Morgan fingerprint density at radius 1 is 0.833 bits per heavy atom. The molecule has 4 aromatic rings. The molecule has 0 atom stereocenters. The molecule has 2 heterocycles. The number of aromatic nitrogens is 4. The summed E-state index contributed by atoms with van der Waals surface area (Å²) in [6, 6.07) is 11.1. The summed E-state index contributed by atoms with van der Waals surface area (Å²) in [4.78, 5) is 29.4. The minimum Gasteiger partial charge on any atom is -0.508 e. The van der Waals surface area contributed by atoms with Crippen LogP contribution < -0.4 is 11.2 Å². The van der Waals surface area contributed by atoms with E-state index in [-0.39, 0.29) is 28.5 Å². The summed E-state index contributed by atoms with van der Waals surface area (Å²) >= 11 is 0. The van der Waals surface area contributed by atoms with Gasteiger partial charge in [-0.05, 0) is 35.4 Å². The van der Waals surface area contributed by atoms with Crippen LogP contribution in [0.4, 0.5) is 0 Å². The van der Waals surface area contributed by atoms with Gasteiger partial charge in [0.2, 0.25) is 0 Å². The molecule has 0 amide bonds. The second-order valence-electron chi connectivity index (χ2n) is 6.51. The Bertz CT molecular complexity index is 1310. The highest BCUT2D eigenvalue weighted by Crippen LogP contribution is 2.22. The zero-order valence-corrected chi connectivity index (χ0v) is 16.3. The molecule has 0 spiro atoms. The lowest BCUT2D eigenvalue weighted by molar-refractivity contribution is 0.450. The van der Waals surface area contributed by atoms with Crippen LogP contribution in [0.2, 0.25) is 0 Å². The van der Waals surface area contributed by atoms with Gasteiger partial charge in [-0.2, -0.15) is 0 Å². The van der Waals surface area contributed by atoms with E-state index in [9.17, 15) is 19.8 Å². The molecule has 154 valence electrons. The van der Waals surface area contributed by atoms with Crippen LogP contribution in [-0.2, 0) is 14.1 Å². The molecular weight excluding hydrogens is 388 g/mol. The number of nitrogens with zero attached hydrogens (tertiary/aromatic N) is 3. The molecule has 4 rings (SSSR count). The Hall–Kier alpha value is -4.27. The number of aromatic hydroxyl groups is 3. The second kappa shape index (κ2) is 8.39. The van der Waals surface area contributed by atoms with Gasteiger partial charge in [-0.15, -0.1) is 0 Å². The summed E-state index contributed by atoms with van der Waals surface area (Å²) in [5, 5.41) is 27.7. The van der Waals surface area contributed by atoms with Crippen LogP contribution in [0.5, 0.6) is 17.2 Å². The molecule has 0 aliphatic carbocycles. The van der Waals surface area contributed by atoms with Crippen molar-refractivity contribution in [3.63, 3.8) is 0 Å². The molecule has 30 heavy (non-hydrogen) atoms. The van der Waals surface area contributed by atoms with Crippen LogP contribution >= 0.6 is 0 Å². The summed E-state index contributed by atoms with van der Waals surface area (Å²) in [7, 11) is 3.01. The fraction of sp³-hybridized carbons (Fsp3) is 0.0952. The minimum absolute atomic E-state index is 0.0235. The molecule has 4 N–H and O–H groups in total. The van der Waals surface area contributed by atoms with E-state index in [1.807, 2.05) is 6.08 Å². The quantitative estimate of drug-likeness (QED) is 0.375. The van der Waals surface area contributed by atoms with Gasteiger partial charge >= 0.3 is 5.69 Å². The number of aromatic amines is 1. The van der Waals surface area contributed by atoms with Gasteiger partial charge in [-0.25, -0.2) is 9.78 Å². The molecule has 0 unspecified atom stereocenters. The van der Waals surface area contributed by atoms with Crippen molar-refractivity contribution in [1.29, 1.82) is 0 Å². The van der Waals surface area contributed by atoms with Gasteiger partial charge in [0.1, 0.15) is 22.8 Å². The average molecular weight is 408 g/mol. The number of phenolic OH excluding ortho intramolecular Hbond substituents is 3. The Balaban J connectivity index is 0.000000177. The van der Waals surface area contributed by atoms with Crippen LogP contribution in [0, 0.1) is 0 Å². The third-order valence-electron chi connectivity index (χ3n) is 4.32. The van der Waals surface area contributed by atoms with Crippen molar-refractivity contribution in [2.75, 3.05) is 0 Å². The van der Waals surface area contributed by atoms with Crippen LogP contribution in [-0.4, -0.2) is 34.4 Å². The van der Waals surface area contributed by atoms with Gasteiger partial charge < -0.3 is 20.3 Å². The predicted octanol–water partition coefficient (Wildman–Crippen LogP) is 1.93. The van der Waals surface area contributed by atoms with Crippen molar-refractivity contribution in [1.82, 2.24) is 19.1 Å². The number of hydrogen-bond acceptors (Lipinski definition) is 6. The fourth-order valence-electron chi connectivity index (χ4n) is 2.76. The monoisotopic (exact) mass is 408 g/mol. The van der Waals surface area contributed by atoms with Crippen molar-refractivity contribution >= 4 is 23.3 Å². The molecule has 0 aliphatic rings. The fourth-order valence-corrected chi connectivity index (χ4v) is 2.76. The van der Waals surface area contributed by atoms with Crippen molar-refractivity contribution in [3.05, 3.63) is 80.8 Å². The highest BCUT2D eigenvalue weighted by molar-refractivity contribution is 5.71. The lowest BCUT2D eigenvalue weighted by Gasteiger charge is -2.00. The lowest BCUT2D eigenvalue weighted by Crippen LogP contribution is -2.36. The number of nitrogens with one attached hydrogen (secondary N) is 1. The molecule has 2 aromatic heterocycles. The summed E-state index contributed by atoms with van der Waals surface area (Å²) in [6.45, 7) is 0. The molecule has 0 bridgehead atoms. The standard InChI is InChI=1S/C14H12O3.C7H8N4O2/c15-12-5-3-10(4-6-12)1-2-11-7-13(16)9-14(17)8-11;1-10-5-4(8-3-9-5)6(12)11(2)7(10)13/h1-9,15-17H;3H,1-2H3,(H,8,9)/b2-1+;. The Morgan fingerprint density at radius 2 is 1.43 bits per heavy atom. The molecule has 9 nitrogen and oxygen atoms in total. The first-order valence-electron chi connectivity index (χ1n) is 8.85. The predicted molar refractivity (Wildman–Crippen MR) is 113 cm³/mol. The average Bonchev–Trinajstić information content (AvgIpc) is 3.20. The van der Waals surface area contributed by atoms with E-state index in [0.29, 0.717) is 16.7 Å². The number of fused-ring (bicyclic) bond motifs is 1. The zero-order chi connectivity index (χ0) is 21.8.